The summed E-state index contributed by atoms with van der Waals surface area (Å²) in [5.41, 5.74) is 7.63. The summed E-state index contributed by atoms with van der Waals surface area (Å²) in [6, 6.07) is 12.7. The molecule has 0 fully saturated rings. The molecule has 29 heavy (non-hydrogen) atoms. The van der Waals surface area contributed by atoms with Crippen LogP contribution >= 0.6 is 0 Å². The number of rotatable bonds is 7. The highest BCUT2D eigenvalue weighted by molar-refractivity contribution is 5.54. The molecule has 2 aromatic rings. The minimum atomic E-state index is 0.850. The van der Waals surface area contributed by atoms with E-state index in [1.165, 1.54) is 53.5 Å². The van der Waals surface area contributed by atoms with E-state index in [9.17, 15) is 0 Å². The van der Waals surface area contributed by atoms with E-state index < -0.39 is 0 Å². The van der Waals surface area contributed by atoms with E-state index in [4.69, 9.17) is 6.42 Å². The highest BCUT2D eigenvalue weighted by Crippen LogP contribution is 2.17. The molecule has 0 N–H and O–H groups in total. The van der Waals surface area contributed by atoms with Crippen molar-refractivity contribution in [3.05, 3.63) is 76.4 Å². The molecule has 2 rings (SSSR count). The number of benzene rings is 2. The minimum Gasteiger partial charge on any atom is -0.115 e. The van der Waals surface area contributed by atoms with Crippen LogP contribution in [0.25, 0.3) is 6.08 Å². The summed E-state index contributed by atoms with van der Waals surface area (Å²) in [6.45, 7) is 18.7. The maximum Gasteiger partial charge on any atom is 0.0274 e. The lowest BCUT2D eigenvalue weighted by molar-refractivity contribution is 0.469. The monoisotopic (exact) mass is 390 g/mol. The van der Waals surface area contributed by atoms with Crippen LogP contribution in [0.2, 0.25) is 0 Å². The highest BCUT2D eigenvalue weighted by Gasteiger charge is 2.03. The van der Waals surface area contributed by atoms with Gasteiger partial charge in [0, 0.05) is 5.56 Å². The molecule has 0 amide bonds. The Hall–Kier alpha value is -2.26. The Morgan fingerprint density at radius 2 is 1.62 bits per heavy atom. The average molecular weight is 391 g/mol. The molecular weight excluding hydrogens is 348 g/mol. The molecule has 2 aromatic carbocycles. The van der Waals surface area contributed by atoms with Crippen LogP contribution in [0.1, 0.15) is 86.8 Å². The molecule has 0 aliphatic carbocycles. The molecule has 0 radical (unpaired) electrons. The van der Waals surface area contributed by atoms with Crippen molar-refractivity contribution in [3.63, 3.8) is 0 Å². The molecule has 1 unspecified atom stereocenters. The normalized spacial score (nSPS) is 10.6. The Kier molecular flexibility index (Phi) is 14.4. The van der Waals surface area contributed by atoms with Crippen LogP contribution in [0.3, 0.4) is 0 Å². The standard InChI is InChI=1S/C16H22.C11H14.C2H6/c1-4-9-14(3)10-8-13-16-12-7-6-11-15(16)5-2;1-5-11-7-9(3)8(2)6-10(11)4;1-2/h2,6-7,11-12,14H,4,8-10,13H2,1,3H3;5-7H,1H2,2-4H3;1-2H3. The lowest BCUT2D eigenvalue weighted by Gasteiger charge is -2.10. The van der Waals surface area contributed by atoms with Crippen molar-refractivity contribution in [3.8, 4) is 12.3 Å². The van der Waals surface area contributed by atoms with Gasteiger partial charge in [-0.2, -0.15) is 0 Å². The van der Waals surface area contributed by atoms with Gasteiger partial charge in [-0.25, -0.2) is 0 Å². The summed E-state index contributed by atoms with van der Waals surface area (Å²) in [5.74, 6) is 3.61. The summed E-state index contributed by atoms with van der Waals surface area (Å²) >= 11 is 0. The summed E-state index contributed by atoms with van der Waals surface area (Å²) in [4.78, 5) is 0. The summed E-state index contributed by atoms with van der Waals surface area (Å²) in [5, 5.41) is 0. The van der Waals surface area contributed by atoms with E-state index in [1.807, 2.05) is 32.1 Å². The van der Waals surface area contributed by atoms with Gasteiger partial charge in [0.2, 0.25) is 0 Å². The van der Waals surface area contributed by atoms with Crippen molar-refractivity contribution in [2.75, 3.05) is 0 Å². The zero-order valence-electron chi connectivity index (χ0n) is 19.9. The quantitative estimate of drug-likeness (QED) is 0.415. The summed E-state index contributed by atoms with van der Waals surface area (Å²) in [6.07, 6.45) is 13.7. The van der Waals surface area contributed by atoms with Crippen molar-refractivity contribution < 1.29 is 0 Å². The van der Waals surface area contributed by atoms with Crippen LogP contribution in [0.15, 0.2) is 43.0 Å². The maximum absolute atomic E-state index is 5.48. The number of terminal acetylenes is 1. The molecule has 0 saturated carbocycles. The number of hydrogen-bond acceptors (Lipinski definition) is 0. The molecule has 1 atom stereocenters. The van der Waals surface area contributed by atoms with Gasteiger partial charge < -0.3 is 0 Å². The van der Waals surface area contributed by atoms with Gasteiger partial charge in [-0.3, -0.25) is 0 Å². The van der Waals surface area contributed by atoms with Gasteiger partial charge in [0.15, 0.2) is 0 Å². The van der Waals surface area contributed by atoms with Crippen LogP contribution < -0.4 is 0 Å². The van der Waals surface area contributed by atoms with Gasteiger partial charge in [0.05, 0.1) is 0 Å². The first-order valence-electron chi connectivity index (χ1n) is 11.2. The molecule has 0 aliphatic heterocycles. The van der Waals surface area contributed by atoms with Gasteiger partial charge in [0.1, 0.15) is 0 Å². The molecule has 0 nitrogen and oxygen atoms in total. The molecule has 0 bridgehead atoms. The van der Waals surface area contributed by atoms with E-state index >= 15 is 0 Å². The zero-order chi connectivity index (χ0) is 22.2. The second kappa shape index (κ2) is 15.6. The zero-order valence-corrected chi connectivity index (χ0v) is 19.9. The van der Waals surface area contributed by atoms with E-state index in [1.54, 1.807) is 0 Å². The topological polar surface area (TPSA) is 0 Å². The molecule has 158 valence electrons. The van der Waals surface area contributed by atoms with E-state index in [0.717, 1.165) is 17.9 Å². The number of hydrogen-bond donors (Lipinski definition) is 0. The van der Waals surface area contributed by atoms with Crippen LogP contribution in [0.4, 0.5) is 0 Å². The molecular formula is C29H42. The fraction of sp³-hybridized carbons (Fsp3) is 0.448. The SMILES string of the molecule is C#Cc1ccccc1CCCC(C)CCC.C=Cc1cc(C)c(C)cc1C.CC. The molecule has 0 aromatic heterocycles. The predicted octanol–water partition coefficient (Wildman–Crippen LogP) is 8.71. The highest BCUT2D eigenvalue weighted by atomic mass is 14.1. The average Bonchev–Trinajstić information content (AvgIpc) is 2.73. The van der Waals surface area contributed by atoms with Gasteiger partial charge in [-0.15, -0.1) is 6.42 Å². The van der Waals surface area contributed by atoms with Crippen molar-refractivity contribution in [2.24, 2.45) is 5.92 Å². The summed E-state index contributed by atoms with van der Waals surface area (Å²) < 4.78 is 0. The molecule has 0 saturated heterocycles. The Balaban J connectivity index is 0.000000526. The Bertz CT molecular complexity index is 758. The Labute approximate surface area is 181 Å². The summed E-state index contributed by atoms with van der Waals surface area (Å²) in [7, 11) is 0. The first-order valence-corrected chi connectivity index (χ1v) is 11.2. The van der Waals surface area contributed by atoms with Crippen LogP contribution in [0, 0.1) is 39.0 Å². The van der Waals surface area contributed by atoms with Crippen molar-refractivity contribution >= 4 is 6.08 Å². The van der Waals surface area contributed by atoms with Crippen LogP contribution in [0.5, 0.6) is 0 Å². The van der Waals surface area contributed by atoms with E-state index in [-0.39, 0.29) is 0 Å². The first kappa shape index (κ1) is 26.7. The van der Waals surface area contributed by atoms with E-state index in [0.29, 0.717) is 0 Å². The van der Waals surface area contributed by atoms with E-state index in [2.05, 4.69) is 71.4 Å². The largest absolute Gasteiger partial charge is 0.115 e. The maximum atomic E-state index is 5.48. The fourth-order valence-corrected chi connectivity index (χ4v) is 3.36. The third-order valence-corrected chi connectivity index (χ3v) is 5.20. The van der Waals surface area contributed by atoms with Gasteiger partial charge in [-0.1, -0.05) is 95.9 Å². The van der Waals surface area contributed by atoms with Crippen LogP contribution in [-0.2, 0) is 6.42 Å². The van der Waals surface area contributed by atoms with Gasteiger partial charge in [-0.05, 0) is 73.4 Å². The fourth-order valence-electron chi connectivity index (χ4n) is 3.36. The minimum absolute atomic E-state index is 0.850. The third kappa shape index (κ3) is 10.2. The molecule has 0 aliphatic rings. The first-order chi connectivity index (χ1) is 13.9. The van der Waals surface area contributed by atoms with Crippen molar-refractivity contribution in [1.82, 2.24) is 0 Å². The second-order valence-corrected chi connectivity index (χ2v) is 7.58. The smallest absolute Gasteiger partial charge is 0.0274 e. The van der Waals surface area contributed by atoms with Crippen LogP contribution in [-0.4, -0.2) is 0 Å². The third-order valence-electron chi connectivity index (χ3n) is 5.20. The van der Waals surface area contributed by atoms with Gasteiger partial charge in [0.25, 0.3) is 0 Å². The predicted molar refractivity (Wildman–Crippen MR) is 133 cm³/mol. The van der Waals surface area contributed by atoms with Crippen molar-refractivity contribution in [2.45, 2.75) is 80.6 Å². The second-order valence-electron chi connectivity index (χ2n) is 7.58. The number of aryl methyl sites for hydroxylation is 4. The molecule has 0 heterocycles. The van der Waals surface area contributed by atoms with Gasteiger partial charge >= 0.3 is 0 Å². The lowest BCUT2D eigenvalue weighted by atomic mass is 9.96. The Morgan fingerprint density at radius 1 is 1.00 bits per heavy atom. The van der Waals surface area contributed by atoms with Crippen molar-refractivity contribution in [1.29, 1.82) is 0 Å². The molecule has 0 spiro atoms. The lowest BCUT2D eigenvalue weighted by Crippen LogP contribution is -1.96. The Morgan fingerprint density at radius 3 is 2.21 bits per heavy atom. The molecule has 0 heteroatoms.